The van der Waals surface area contributed by atoms with E-state index in [9.17, 15) is 23.1 Å². The van der Waals surface area contributed by atoms with Gasteiger partial charge in [-0.05, 0) is 42.8 Å². The molecule has 0 bridgehead atoms. The van der Waals surface area contributed by atoms with Crippen molar-refractivity contribution in [1.82, 2.24) is 0 Å². The molecule has 0 aromatic heterocycles. The van der Waals surface area contributed by atoms with Crippen LogP contribution in [0.3, 0.4) is 0 Å². The van der Waals surface area contributed by atoms with Gasteiger partial charge in [-0.1, -0.05) is 60.7 Å². The molecular formula is C31H32O8S. The largest absolute Gasteiger partial charge is 0.458 e. The fourth-order valence-electron chi connectivity index (χ4n) is 4.70. The molecule has 40 heavy (non-hydrogen) atoms. The number of hydrogen-bond acceptors (Lipinski definition) is 8. The number of benzene rings is 3. The Kier molecular flexibility index (Phi) is 9.87. The molecule has 1 N–H and O–H groups in total. The van der Waals surface area contributed by atoms with Crippen LogP contribution < -0.4 is 0 Å². The van der Waals surface area contributed by atoms with Gasteiger partial charge in [-0.15, -0.1) is 6.58 Å². The Labute approximate surface area is 234 Å². The van der Waals surface area contributed by atoms with Crippen LogP contribution in [0.5, 0.6) is 0 Å². The number of ether oxygens (including phenoxy) is 3. The number of carbonyl (C=O) groups excluding carboxylic acids is 2. The van der Waals surface area contributed by atoms with E-state index in [2.05, 4.69) is 6.58 Å². The minimum absolute atomic E-state index is 0.0165. The van der Waals surface area contributed by atoms with Gasteiger partial charge >= 0.3 is 11.9 Å². The predicted molar refractivity (Wildman–Crippen MR) is 148 cm³/mol. The molecule has 1 saturated heterocycles. The van der Waals surface area contributed by atoms with Gasteiger partial charge in [0.1, 0.15) is 12.7 Å². The molecule has 0 spiro atoms. The number of esters is 2. The van der Waals surface area contributed by atoms with Crippen molar-refractivity contribution in [2.75, 3.05) is 12.4 Å². The van der Waals surface area contributed by atoms with E-state index in [0.29, 0.717) is 17.5 Å². The van der Waals surface area contributed by atoms with Crippen molar-refractivity contribution < 1.29 is 37.3 Å². The summed E-state index contributed by atoms with van der Waals surface area (Å²) in [6.45, 7) is 3.46. The van der Waals surface area contributed by atoms with Crippen LogP contribution in [-0.4, -0.2) is 62.2 Å². The summed E-state index contributed by atoms with van der Waals surface area (Å²) in [6, 6.07) is 24.8. The third kappa shape index (κ3) is 7.44. The van der Waals surface area contributed by atoms with Gasteiger partial charge in [0.2, 0.25) is 0 Å². The smallest absolute Gasteiger partial charge is 0.338 e. The van der Waals surface area contributed by atoms with E-state index in [1.165, 1.54) is 12.1 Å². The van der Waals surface area contributed by atoms with Crippen molar-refractivity contribution >= 4 is 21.8 Å². The third-order valence-corrected chi connectivity index (χ3v) is 8.56. The topological polar surface area (TPSA) is 116 Å². The lowest BCUT2D eigenvalue weighted by Crippen LogP contribution is -2.36. The summed E-state index contributed by atoms with van der Waals surface area (Å²) in [4.78, 5) is 25.6. The van der Waals surface area contributed by atoms with Gasteiger partial charge in [-0.25, -0.2) is 18.0 Å². The molecule has 8 nitrogen and oxygen atoms in total. The maximum Gasteiger partial charge on any atom is 0.338 e. The Morgan fingerprint density at radius 2 is 1.43 bits per heavy atom. The van der Waals surface area contributed by atoms with Gasteiger partial charge in [0.25, 0.3) is 0 Å². The van der Waals surface area contributed by atoms with Crippen LogP contribution in [-0.2, 0) is 24.0 Å². The molecule has 0 saturated carbocycles. The van der Waals surface area contributed by atoms with Gasteiger partial charge in [-0.3, -0.25) is 0 Å². The molecule has 1 unspecified atom stereocenters. The quantitative estimate of drug-likeness (QED) is 0.256. The number of aliphatic hydroxyl groups is 1. The van der Waals surface area contributed by atoms with E-state index in [0.717, 1.165) is 0 Å². The van der Waals surface area contributed by atoms with Crippen LogP contribution in [0, 0.1) is 5.92 Å². The maximum absolute atomic E-state index is 13.1. The molecular weight excluding hydrogens is 532 g/mol. The normalized spacial score (nSPS) is 21.3. The van der Waals surface area contributed by atoms with Gasteiger partial charge in [-0.2, -0.15) is 0 Å². The molecule has 0 amide bonds. The highest BCUT2D eigenvalue weighted by Crippen LogP contribution is 2.34. The molecule has 3 aromatic rings. The first-order valence-corrected chi connectivity index (χ1v) is 14.6. The second-order valence-electron chi connectivity index (χ2n) is 9.58. The number of aliphatic hydroxyl groups excluding tert-OH is 1. The molecule has 1 aliphatic rings. The van der Waals surface area contributed by atoms with Crippen LogP contribution in [0.4, 0.5) is 0 Å². The highest BCUT2D eigenvalue weighted by atomic mass is 32.2. The SMILES string of the molecule is C=CC[C@@H]1O[C@H](C[C@@H](COC(=O)c2ccccc2)OC(=O)c2ccccc2)[C@H](O)C1CS(=O)(=O)c1ccccc1. The first-order chi connectivity index (χ1) is 19.3. The maximum atomic E-state index is 13.1. The fourth-order valence-corrected chi connectivity index (χ4v) is 6.39. The van der Waals surface area contributed by atoms with Crippen molar-refractivity contribution in [3.05, 3.63) is 115 Å². The van der Waals surface area contributed by atoms with Gasteiger partial charge < -0.3 is 19.3 Å². The Balaban J connectivity index is 1.50. The summed E-state index contributed by atoms with van der Waals surface area (Å²) in [5, 5.41) is 11.2. The number of hydrogen-bond donors (Lipinski definition) is 1. The first kappa shape index (κ1) is 29.2. The van der Waals surface area contributed by atoms with Gasteiger partial charge in [0.05, 0.1) is 40.1 Å². The van der Waals surface area contributed by atoms with Crippen LogP contribution in [0.1, 0.15) is 33.6 Å². The Hall–Kier alpha value is -3.79. The predicted octanol–water partition coefficient (Wildman–Crippen LogP) is 4.25. The van der Waals surface area contributed by atoms with Gasteiger partial charge in [0, 0.05) is 12.3 Å². The Morgan fingerprint density at radius 3 is 2.00 bits per heavy atom. The highest BCUT2D eigenvalue weighted by Gasteiger charge is 2.46. The van der Waals surface area contributed by atoms with E-state index >= 15 is 0 Å². The van der Waals surface area contributed by atoms with Crippen molar-refractivity contribution in [3.8, 4) is 0 Å². The molecule has 1 fully saturated rings. The summed E-state index contributed by atoms with van der Waals surface area (Å²) in [5.74, 6) is -2.29. The summed E-state index contributed by atoms with van der Waals surface area (Å²) in [7, 11) is -3.72. The summed E-state index contributed by atoms with van der Waals surface area (Å²) in [6.07, 6.45) is -1.72. The third-order valence-electron chi connectivity index (χ3n) is 6.75. The Morgan fingerprint density at radius 1 is 0.875 bits per heavy atom. The van der Waals surface area contributed by atoms with E-state index in [1.54, 1.807) is 84.9 Å². The lowest BCUT2D eigenvalue weighted by atomic mass is 9.94. The van der Waals surface area contributed by atoms with Crippen molar-refractivity contribution in [2.45, 2.75) is 42.2 Å². The molecule has 0 aliphatic carbocycles. The van der Waals surface area contributed by atoms with Crippen molar-refractivity contribution in [1.29, 1.82) is 0 Å². The summed E-state index contributed by atoms with van der Waals surface area (Å²) in [5.41, 5.74) is 0.649. The molecule has 5 atom stereocenters. The number of sulfone groups is 1. The summed E-state index contributed by atoms with van der Waals surface area (Å²) >= 11 is 0. The lowest BCUT2D eigenvalue weighted by Gasteiger charge is -2.23. The monoisotopic (exact) mass is 564 g/mol. The van der Waals surface area contributed by atoms with Crippen molar-refractivity contribution in [2.24, 2.45) is 5.92 Å². The molecule has 3 aromatic carbocycles. The van der Waals surface area contributed by atoms with Crippen LogP contribution in [0.15, 0.2) is 109 Å². The fraction of sp³-hybridized carbons (Fsp3) is 0.290. The summed E-state index contributed by atoms with van der Waals surface area (Å²) < 4.78 is 43.5. The average molecular weight is 565 g/mol. The van der Waals surface area contributed by atoms with Crippen LogP contribution in [0.25, 0.3) is 0 Å². The molecule has 1 aliphatic heterocycles. The zero-order valence-electron chi connectivity index (χ0n) is 21.9. The molecule has 4 rings (SSSR count). The zero-order chi connectivity index (χ0) is 28.5. The number of rotatable bonds is 12. The first-order valence-electron chi connectivity index (χ1n) is 13.0. The molecule has 9 heteroatoms. The lowest BCUT2D eigenvalue weighted by molar-refractivity contribution is -0.0449. The molecule has 210 valence electrons. The van der Waals surface area contributed by atoms with E-state index in [-0.39, 0.29) is 23.7 Å². The van der Waals surface area contributed by atoms with Crippen LogP contribution in [0.2, 0.25) is 0 Å². The zero-order valence-corrected chi connectivity index (χ0v) is 22.7. The van der Waals surface area contributed by atoms with Crippen LogP contribution >= 0.6 is 0 Å². The van der Waals surface area contributed by atoms with Crippen molar-refractivity contribution in [3.63, 3.8) is 0 Å². The minimum atomic E-state index is -3.72. The van der Waals surface area contributed by atoms with Gasteiger partial charge in [0.15, 0.2) is 9.84 Å². The minimum Gasteiger partial charge on any atom is -0.458 e. The Bertz CT molecular complexity index is 1380. The van der Waals surface area contributed by atoms with E-state index in [4.69, 9.17) is 14.2 Å². The number of carbonyl (C=O) groups is 2. The second-order valence-corrected chi connectivity index (χ2v) is 11.6. The van der Waals surface area contributed by atoms with E-state index in [1.807, 2.05) is 0 Å². The molecule has 0 radical (unpaired) electrons. The highest BCUT2D eigenvalue weighted by molar-refractivity contribution is 7.91. The second kappa shape index (κ2) is 13.5. The standard InChI is InChI=1S/C31H32O8S/c1-2-12-27-26(21-40(35,36)25-17-10-5-11-18-25)29(32)28(39-27)19-24(38-31(34)23-15-8-4-9-16-23)20-37-30(33)22-13-6-3-7-14-22/h2-11,13-18,24,26-29,32H,1,12,19-21H2/t24-,26?,27-,28+,29+/m0/s1. The average Bonchev–Trinajstić information content (AvgIpc) is 3.25. The molecule has 1 heterocycles. The van der Waals surface area contributed by atoms with E-state index < -0.39 is 52.1 Å².